The Hall–Kier alpha value is -1.35. The fourth-order valence-corrected chi connectivity index (χ4v) is 3.15. The van der Waals surface area contributed by atoms with Gasteiger partial charge < -0.3 is 10.2 Å². The third kappa shape index (κ3) is 2.88. The Labute approximate surface area is 120 Å². The normalized spacial score (nSPS) is 26.5. The lowest BCUT2D eigenvalue weighted by atomic mass is 9.69. The van der Waals surface area contributed by atoms with Crippen molar-refractivity contribution in [3.05, 3.63) is 28.8 Å². The van der Waals surface area contributed by atoms with Gasteiger partial charge in [-0.15, -0.1) is 0 Å². The van der Waals surface area contributed by atoms with Crippen LogP contribution in [0.1, 0.15) is 66.9 Å². The zero-order valence-electron chi connectivity index (χ0n) is 12.6. The summed E-state index contributed by atoms with van der Waals surface area (Å²) in [6, 6.07) is 3.56. The fraction of sp³-hybridized carbons (Fsp3) is 0.588. The molecule has 110 valence electrons. The number of aliphatic hydroxyl groups excluding tert-OH is 1. The number of aromatic hydroxyl groups is 1. The first-order chi connectivity index (χ1) is 9.36. The maximum Gasteiger partial charge on any atom is 0.160 e. The molecular formula is C17H24O3. The fourth-order valence-electron chi connectivity index (χ4n) is 3.15. The minimum Gasteiger partial charge on any atom is -0.508 e. The number of benzene rings is 1. The van der Waals surface area contributed by atoms with E-state index in [-0.39, 0.29) is 23.6 Å². The van der Waals surface area contributed by atoms with E-state index >= 15 is 0 Å². The van der Waals surface area contributed by atoms with Gasteiger partial charge >= 0.3 is 0 Å². The van der Waals surface area contributed by atoms with Crippen molar-refractivity contribution in [3.63, 3.8) is 0 Å². The van der Waals surface area contributed by atoms with E-state index in [0.717, 1.165) is 36.8 Å². The number of rotatable bonds is 3. The number of Topliss-reactive ketones (excluding diaryl/α,β-unsaturated/α-hetero) is 1. The van der Waals surface area contributed by atoms with Gasteiger partial charge in [0.25, 0.3) is 0 Å². The van der Waals surface area contributed by atoms with Gasteiger partial charge in [-0.2, -0.15) is 0 Å². The minimum absolute atomic E-state index is 0.00536. The topological polar surface area (TPSA) is 57.5 Å². The van der Waals surface area contributed by atoms with Crippen molar-refractivity contribution < 1.29 is 15.0 Å². The molecule has 0 atom stereocenters. The summed E-state index contributed by atoms with van der Waals surface area (Å²) >= 11 is 0. The molecule has 1 saturated carbocycles. The van der Waals surface area contributed by atoms with Crippen LogP contribution in [-0.4, -0.2) is 22.6 Å². The van der Waals surface area contributed by atoms with Gasteiger partial charge in [-0.05, 0) is 68.1 Å². The molecule has 0 heterocycles. The summed E-state index contributed by atoms with van der Waals surface area (Å²) in [6.45, 7) is 5.77. The van der Waals surface area contributed by atoms with E-state index in [1.807, 2.05) is 13.0 Å². The Morgan fingerprint density at radius 2 is 1.95 bits per heavy atom. The molecule has 0 radical (unpaired) electrons. The zero-order valence-corrected chi connectivity index (χ0v) is 12.6. The molecule has 0 unspecified atom stereocenters. The van der Waals surface area contributed by atoms with Crippen molar-refractivity contribution in [2.24, 2.45) is 5.41 Å². The molecule has 3 nitrogen and oxygen atoms in total. The van der Waals surface area contributed by atoms with E-state index in [9.17, 15) is 15.0 Å². The van der Waals surface area contributed by atoms with Crippen LogP contribution in [0.5, 0.6) is 5.75 Å². The lowest BCUT2D eigenvalue weighted by Crippen LogP contribution is -2.27. The van der Waals surface area contributed by atoms with Gasteiger partial charge in [-0.3, -0.25) is 4.79 Å². The Balaban J connectivity index is 2.30. The molecule has 0 amide bonds. The molecular weight excluding hydrogens is 252 g/mol. The second kappa shape index (κ2) is 5.57. The molecule has 0 aromatic heterocycles. The van der Waals surface area contributed by atoms with E-state index in [1.54, 1.807) is 13.0 Å². The van der Waals surface area contributed by atoms with Crippen LogP contribution in [0.4, 0.5) is 0 Å². The Morgan fingerprint density at radius 3 is 2.45 bits per heavy atom. The summed E-state index contributed by atoms with van der Waals surface area (Å²) in [5.74, 6) is 0.550. The van der Waals surface area contributed by atoms with Gasteiger partial charge in [-0.25, -0.2) is 0 Å². The van der Waals surface area contributed by atoms with Crippen molar-refractivity contribution in [2.45, 2.75) is 52.4 Å². The van der Waals surface area contributed by atoms with E-state index < -0.39 is 0 Å². The quantitative estimate of drug-likeness (QED) is 0.830. The first-order valence-electron chi connectivity index (χ1n) is 7.31. The summed E-state index contributed by atoms with van der Waals surface area (Å²) in [5.41, 5.74) is 2.55. The van der Waals surface area contributed by atoms with E-state index in [1.165, 1.54) is 0 Å². The van der Waals surface area contributed by atoms with Gasteiger partial charge in [-0.1, -0.05) is 13.0 Å². The molecule has 2 N–H and O–H groups in total. The molecule has 1 aromatic rings. The standard InChI is InChI=1S/C17H24O3/c1-11-8-15(14(12(2)19)9-16(11)20)13-4-6-17(3,10-18)7-5-13/h8-9,13,18,20H,4-7,10H2,1-3H3. The van der Waals surface area contributed by atoms with E-state index in [0.29, 0.717) is 11.5 Å². The van der Waals surface area contributed by atoms with Gasteiger partial charge in [0.2, 0.25) is 0 Å². The highest BCUT2D eigenvalue weighted by Gasteiger charge is 2.32. The van der Waals surface area contributed by atoms with Crippen molar-refractivity contribution in [3.8, 4) is 5.75 Å². The third-order valence-electron chi connectivity index (χ3n) is 4.76. The monoisotopic (exact) mass is 276 g/mol. The van der Waals surface area contributed by atoms with Crippen molar-refractivity contribution >= 4 is 5.78 Å². The SMILES string of the molecule is CC(=O)c1cc(O)c(C)cc1C1CCC(C)(CO)CC1. The van der Waals surface area contributed by atoms with Crippen molar-refractivity contribution in [1.29, 1.82) is 0 Å². The molecule has 1 fully saturated rings. The van der Waals surface area contributed by atoms with E-state index in [2.05, 4.69) is 6.92 Å². The summed E-state index contributed by atoms with van der Waals surface area (Å²) < 4.78 is 0. The Kier molecular flexibility index (Phi) is 4.19. The molecule has 1 aliphatic rings. The first-order valence-corrected chi connectivity index (χ1v) is 7.31. The van der Waals surface area contributed by atoms with Crippen LogP contribution in [0.2, 0.25) is 0 Å². The van der Waals surface area contributed by atoms with Crippen LogP contribution < -0.4 is 0 Å². The van der Waals surface area contributed by atoms with Crippen LogP contribution in [0.3, 0.4) is 0 Å². The summed E-state index contributed by atoms with van der Waals surface area (Å²) in [6.07, 6.45) is 3.93. The smallest absolute Gasteiger partial charge is 0.160 e. The summed E-state index contributed by atoms with van der Waals surface area (Å²) in [5, 5.41) is 19.3. The number of hydrogen-bond acceptors (Lipinski definition) is 3. The predicted molar refractivity (Wildman–Crippen MR) is 79.3 cm³/mol. The largest absolute Gasteiger partial charge is 0.508 e. The number of phenols is 1. The van der Waals surface area contributed by atoms with Gasteiger partial charge in [0.1, 0.15) is 5.75 Å². The van der Waals surface area contributed by atoms with Crippen LogP contribution in [-0.2, 0) is 0 Å². The van der Waals surface area contributed by atoms with Crippen molar-refractivity contribution in [1.82, 2.24) is 0 Å². The van der Waals surface area contributed by atoms with E-state index in [4.69, 9.17) is 0 Å². The number of ketones is 1. The first kappa shape index (κ1) is 15.0. The van der Waals surface area contributed by atoms with Crippen LogP contribution in [0.25, 0.3) is 0 Å². The highest BCUT2D eigenvalue weighted by molar-refractivity contribution is 5.96. The third-order valence-corrected chi connectivity index (χ3v) is 4.76. The maximum absolute atomic E-state index is 11.8. The number of aliphatic hydroxyl groups is 1. The highest BCUT2D eigenvalue weighted by Crippen LogP contribution is 2.44. The summed E-state index contributed by atoms with van der Waals surface area (Å²) in [7, 11) is 0. The molecule has 1 aromatic carbocycles. The molecule has 0 bridgehead atoms. The van der Waals surface area contributed by atoms with Gasteiger partial charge in [0.15, 0.2) is 5.78 Å². The number of carbonyl (C=O) groups is 1. The number of aryl methyl sites for hydroxylation is 1. The molecule has 1 aliphatic carbocycles. The number of carbonyl (C=O) groups excluding carboxylic acids is 1. The van der Waals surface area contributed by atoms with Gasteiger partial charge in [0.05, 0.1) is 0 Å². The van der Waals surface area contributed by atoms with Gasteiger partial charge in [0, 0.05) is 12.2 Å². The Bertz CT molecular complexity index is 511. The molecule has 20 heavy (non-hydrogen) atoms. The number of hydrogen-bond donors (Lipinski definition) is 2. The average molecular weight is 276 g/mol. The highest BCUT2D eigenvalue weighted by atomic mass is 16.3. The molecule has 0 spiro atoms. The van der Waals surface area contributed by atoms with Crippen molar-refractivity contribution in [2.75, 3.05) is 6.61 Å². The second-order valence-corrected chi connectivity index (χ2v) is 6.53. The lowest BCUT2D eigenvalue weighted by molar-refractivity contribution is 0.0926. The molecule has 3 heteroatoms. The number of phenolic OH excluding ortho intramolecular Hbond substituents is 1. The maximum atomic E-state index is 11.8. The van der Waals surface area contributed by atoms with Crippen LogP contribution in [0, 0.1) is 12.3 Å². The second-order valence-electron chi connectivity index (χ2n) is 6.53. The molecule has 0 aliphatic heterocycles. The average Bonchev–Trinajstić information content (AvgIpc) is 2.42. The zero-order chi connectivity index (χ0) is 14.9. The van der Waals surface area contributed by atoms with Crippen LogP contribution >= 0.6 is 0 Å². The summed E-state index contributed by atoms with van der Waals surface area (Å²) in [4.78, 5) is 11.8. The minimum atomic E-state index is 0.00536. The lowest BCUT2D eigenvalue weighted by Gasteiger charge is -2.36. The van der Waals surface area contributed by atoms with Crippen LogP contribution in [0.15, 0.2) is 12.1 Å². The molecule has 2 rings (SSSR count). The molecule has 0 saturated heterocycles. The Morgan fingerprint density at radius 1 is 1.35 bits per heavy atom. The predicted octanol–water partition coefficient (Wildman–Crippen LogP) is 3.56.